The Bertz CT molecular complexity index is 1470. The van der Waals surface area contributed by atoms with Crippen LogP contribution in [0.5, 0.6) is 5.75 Å². The number of rotatable bonds is 4. The van der Waals surface area contributed by atoms with E-state index in [2.05, 4.69) is 22.4 Å². The number of carboxylic acids is 1. The number of piperazine rings is 1. The SMILES string of the molecule is C[N+](C)=C1C=CC2=C(c3ccccc3C(=O)O)C3C=Cc4c(ccc(O)c4CN4CCNCC4)C3OC2=C1. The normalized spacial score (nSPS) is 22.3. The van der Waals surface area contributed by atoms with Crippen LogP contribution in [-0.2, 0) is 11.3 Å². The molecule has 1 saturated heterocycles. The molecule has 0 aromatic heterocycles. The molecule has 0 bridgehead atoms. The van der Waals surface area contributed by atoms with Crippen LogP contribution in [0.2, 0.25) is 0 Å². The predicted octanol–water partition coefficient (Wildman–Crippen LogP) is 3.83. The Balaban J connectivity index is 1.51. The van der Waals surface area contributed by atoms with Crippen LogP contribution in [0.3, 0.4) is 0 Å². The highest BCUT2D eigenvalue weighted by molar-refractivity contribution is 6.05. The van der Waals surface area contributed by atoms with Gasteiger partial charge in [0.1, 0.15) is 31.7 Å². The maximum absolute atomic E-state index is 12.2. The first kappa shape index (κ1) is 24.4. The standard InChI is InChI=1S/C31H31N3O4/c1-33(2)19-7-8-24-28(17-19)38-30-22-11-12-27(35)26(18-34-15-13-32-14-16-34)20(22)9-10-25(30)29(24)21-5-3-4-6-23(21)31(36)37/h3-12,17,25,30,32H,13-16,18H2,1-2H3,(H-,35,36,37)/p+1. The summed E-state index contributed by atoms with van der Waals surface area (Å²) >= 11 is 0. The lowest BCUT2D eigenvalue weighted by Gasteiger charge is -2.40. The molecule has 4 aliphatic rings. The molecule has 0 spiro atoms. The van der Waals surface area contributed by atoms with Gasteiger partial charge in [-0.15, -0.1) is 0 Å². The van der Waals surface area contributed by atoms with Crippen molar-refractivity contribution in [1.82, 2.24) is 10.2 Å². The summed E-state index contributed by atoms with van der Waals surface area (Å²) in [5.74, 6) is -0.120. The molecular formula is C31H32N3O4+. The second kappa shape index (κ2) is 9.74. The number of fused-ring (bicyclic) bond motifs is 4. The molecule has 0 amide bonds. The zero-order valence-electron chi connectivity index (χ0n) is 21.6. The molecule has 2 aliphatic heterocycles. The van der Waals surface area contributed by atoms with Gasteiger partial charge in [-0.25, -0.2) is 9.37 Å². The van der Waals surface area contributed by atoms with Gasteiger partial charge < -0.3 is 20.3 Å². The van der Waals surface area contributed by atoms with E-state index in [1.165, 1.54) is 0 Å². The number of nitrogens with one attached hydrogen (secondary N) is 1. The van der Waals surface area contributed by atoms with Crippen LogP contribution >= 0.6 is 0 Å². The average molecular weight is 511 g/mol. The zero-order chi connectivity index (χ0) is 26.4. The largest absolute Gasteiger partial charge is 0.508 e. The number of phenolic OH excluding ortho intramolecular Hbond substituents is 1. The van der Waals surface area contributed by atoms with Crippen molar-refractivity contribution < 1.29 is 24.3 Å². The van der Waals surface area contributed by atoms with Crippen LogP contribution in [0.15, 0.2) is 72.0 Å². The summed E-state index contributed by atoms with van der Waals surface area (Å²) in [5.41, 5.74) is 6.72. The molecule has 7 heteroatoms. The number of benzene rings is 2. The van der Waals surface area contributed by atoms with Crippen molar-refractivity contribution in [1.29, 1.82) is 0 Å². The molecule has 2 atom stereocenters. The maximum Gasteiger partial charge on any atom is 0.336 e. The molecule has 2 heterocycles. The molecule has 38 heavy (non-hydrogen) atoms. The number of hydrogen-bond donors (Lipinski definition) is 3. The Morgan fingerprint density at radius 3 is 2.66 bits per heavy atom. The van der Waals surface area contributed by atoms with E-state index >= 15 is 0 Å². The van der Waals surface area contributed by atoms with Gasteiger partial charge in [0.25, 0.3) is 0 Å². The first-order valence-electron chi connectivity index (χ1n) is 13.1. The average Bonchev–Trinajstić information content (AvgIpc) is 2.93. The molecule has 0 radical (unpaired) electrons. The van der Waals surface area contributed by atoms with E-state index in [4.69, 9.17) is 4.74 Å². The summed E-state index contributed by atoms with van der Waals surface area (Å²) < 4.78 is 8.77. The van der Waals surface area contributed by atoms with E-state index in [0.29, 0.717) is 12.1 Å². The number of phenols is 1. The molecule has 7 nitrogen and oxygen atoms in total. The molecule has 2 aliphatic carbocycles. The first-order chi connectivity index (χ1) is 18.4. The van der Waals surface area contributed by atoms with Gasteiger partial charge >= 0.3 is 5.97 Å². The van der Waals surface area contributed by atoms with Crippen LogP contribution in [0.4, 0.5) is 0 Å². The van der Waals surface area contributed by atoms with Crippen LogP contribution < -0.4 is 5.32 Å². The smallest absolute Gasteiger partial charge is 0.336 e. The number of hydrogen-bond acceptors (Lipinski definition) is 5. The summed E-state index contributed by atoms with van der Waals surface area (Å²) in [6.45, 7) is 4.40. The molecule has 2 unspecified atom stereocenters. The second-order valence-corrected chi connectivity index (χ2v) is 10.4. The fraction of sp³-hybridized carbons (Fsp3) is 0.290. The van der Waals surface area contributed by atoms with Gasteiger partial charge in [-0.05, 0) is 34.9 Å². The topological polar surface area (TPSA) is 85.0 Å². The van der Waals surface area contributed by atoms with Crippen LogP contribution in [-0.4, -0.2) is 71.6 Å². The Kier molecular flexibility index (Phi) is 6.26. The van der Waals surface area contributed by atoms with Crippen molar-refractivity contribution in [2.75, 3.05) is 40.3 Å². The Morgan fingerprint density at radius 1 is 1.11 bits per heavy atom. The van der Waals surface area contributed by atoms with Gasteiger partial charge in [-0.3, -0.25) is 4.90 Å². The van der Waals surface area contributed by atoms with Gasteiger partial charge in [0.15, 0.2) is 0 Å². The summed E-state index contributed by atoms with van der Waals surface area (Å²) in [6, 6.07) is 10.9. The first-order valence-corrected chi connectivity index (χ1v) is 13.1. The van der Waals surface area contributed by atoms with Crippen molar-refractivity contribution in [2.24, 2.45) is 5.92 Å². The number of aromatic hydroxyl groups is 1. The highest BCUT2D eigenvalue weighted by Crippen LogP contribution is 2.52. The Labute approximate surface area is 222 Å². The lowest BCUT2D eigenvalue weighted by molar-refractivity contribution is -0.462. The van der Waals surface area contributed by atoms with Gasteiger partial charge in [-0.2, -0.15) is 0 Å². The third-order valence-corrected chi connectivity index (χ3v) is 7.87. The number of allylic oxidation sites excluding steroid dienone is 3. The summed E-state index contributed by atoms with van der Waals surface area (Å²) in [6.07, 6.45) is 9.94. The van der Waals surface area contributed by atoms with Crippen LogP contribution in [0.1, 0.15) is 38.7 Å². The predicted molar refractivity (Wildman–Crippen MR) is 147 cm³/mol. The molecular weight excluding hydrogens is 478 g/mol. The van der Waals surface area contributed by atoms with Crippen molar-refractivity contribution in [3.63, 3.8) is 0 Å². The van der Waals surface area contributed by atoms with E-state index in [1.807, 2.05) is 55.1 Å². The van der Waals surface area contributed by atoms with Gasteiger partial charge in [-0.1, -0.05) is 36.4 Å². The number of carbonyl (C=O) groups is 1. The lowest BCUT2D eigenvalue weighted by atomic mass is 9.73. The molecule has 2 aromatic carbocycles. The van der Waals surface area contributed by atoms with E-state index in [1.54, 1.807) is 18.2 Å². The lowest BCUT2D eigenvalue weighted by Crippen LogP contribution is -2.43. The molecule has 6 rings (SSSR count). The summed E-state index contributed by atoms with van der Waals surface area (Å²) in [4.78, 5) is 14.6. The number of nitrogens with zero attached hydrogens (tertiary/aromatic N) is 2. The number of aromatic carboxylic acids is 1. The maximum atomic E-state index is 12.2. The fourth-order valence-corrected chi connectivity index (χ4v) is 5.91. The minimum atomic E-state index is -0.953. The number of carboxylic acid groups (broad SMARTS) is 1. The van der Waals surface area contributed by atoms with Crippen molar-refractivity contribution >= 4 is 23.3 Å². The van der Waals surface area contributed by atoms with Crippen LogP contribution in [0.25, 0.3) is 11.6 Å². The third kappa shape index (κ3) is 4.18. The van der Waals surface area contributed by atoms with E-state index < -0.39 is 5.97 Å². The highest BCUT2D eigenvalue weighted by atomic mass is 16.5. The Hall–Kier alpha value is -3.94. The van der Waals surface area contributed by atoms with Crippen LogP contribution in [0, 0.1) is 5.92 Å². The quantitative estimate of drug-likeness (QED) is 0.543. The third-order valence-electron chi connectivity index (χ3n) is 7.87. The molecule has 2 aromatic rings. The number of ether oxygens (including phenoxy) is 1. The summed E-state index contributed by atoms with van der Waals surface area (Å²) in [5, 5.41) is 24.3. The fourth-order valence-electron chi connectivity index (χ4n) is 5.91. The highest BCUT2D eigenvalue weighted by Gasteiger charge is 2.41. The Morgan fingerprint density at radius 2 is 1.89 bits per heavy atom. The van der Waals surface area contributed by atoms with Crippen molar-refractivity contribution in [3.05, 3.63) is 99.9 Å². The minimum absolute atomic E-state index is 0.183. The van der Waals surface area contributed by atoms with Gasteiger partial charge in [0.2, 0.25) is 5.71 Å². The monoisotopic (exact) mass is 510 g/mol. The molecule has 0 saturated carbocycles. The summed E-state index contributed by atoms with van der Waals surface area (Å²) in [7, 11) is 3.98. The van der Waals surface area contributed by atoms with E-state index in [0.717, 1.165) is 65.5 Å². The molecule has 1 fully saturated rings. The van der Waals surface area contributed by atoms with Gasteiger partial charge in [0.05, 0.1) is 11.6 Å². The van der Waals surface area contributed by atoms with E-state index in [9.17, 15) is 15.0 Å². The molecule has 194 valence electrons. The van der Waals surface area contributed by atoms with Crippen molar-refractivity contribution in [2.45, 2.75) is 12.6 Å². The van der Waals surface area contributed by atoms with Crippen molar-refractivity contribution in [3.8, 4) is 5.75 Å². The van der Waals surface area contributed by atoms with Gasteiger partial charge in [0, 0.05) is 61.4 Å². The van der Waals surface area contributed by atoms with E-state index in [-0.39, 0.29) is 23.3 Å². The minimum Gasteiger partial charge on any atom is -0.508 e. The zero-order valence-corrected chi connectivity index (χ0v) is 21.6. The molecule has 3 N–H and O–H groups in total. The second-order valence-electron chi connectivity index (χ2n) is 10.4.